The molecule has 0 radical (unpaired) electrons. The van der Waals surface area contributed by atoms with Gasteiger partial charge in [-0.15, -0.1) is 11.3 Å². The summed E-state index contributed by atoms with van der Waals surface area (Å²) >= 11 is 1.53. The molecule has 1 N–H and O–H groups in total. The minimum absolute atomic E-state index is 0.0949. The summed E-state index contributed by atoms with van der Waals surface area (Å²) in [6, 6.07) is 6.82. The number of ether oxygens (including phenoxy) is 1. The number of phenolic OH excluding ortho intramolecular Hbond substituents is 1. The van der Waals surface area contributed by atoms with Gasteiger partial charge in [0.25, 0.3) is 0 Å². The number of rotatable bonds is 2. The van der Waals surface area contributed by atoms with Crippen LogP contribution >= 0.6 is 11.3 Å². The fraction of sp³-hybridized carbons (Fsp3) is 0.0769. The van der Waals surface area contributed by atoms with E-state index >= 15 is 0 Å². The highest BCUT2D eigenvalue weighted by Gasteiger charge is 2.11. The van der Waals surface area contributed by atoms with Gasteiger partial charge in [-0.1, -0.05) is 12.1 Å². The van der Waals surface area contributed by atoms with Crippen LogP contribution in [-0.2, 0) is 0 Å². The predicted octanol–water partition coefficient (Wildman–Crippen LogP) is 3.50. The average molecular weight is 258 g/mol. The summed E-state index contributed by atoms with van der Waals surface area (Å²) in [4.78, 5) is 8.34. The van der Waals surface area contributed by atoms with Gasteiger partial charge < -0.3 is 9.84 Å². The zero-order valence-electron chi connectivity index (χ0n) is 9.62. The maximum Gasteiger partial charge on any atom is 0.240 e. The van der Waals surface area contributed by atoms with E-state index in [0.29, 0.717) is 11.6 Å². The van der Waals surface area contributed by atoms with Crippen LogP contribution in [0.15, 0.2) is 36.0 Å². The fourth-order valence-electron chi connectivity index (χ4n) is 1.67. The zero-order chi connectivity index (χ0) is 12.5. The third-order valence-electron chi connectivity index (χ3n) is 2.57. The van der Waals surface area contributed by atoms with Crippen molar-refractivity contribution in [2.75, 3.05) is 0 Å². The van der Waals surface area contributed by atoms with Crippen molar-refractivity contribution in [3.8, 4) is 17.4 Å². The van der Waals surface area contributed by atoms with E-state index in [1.54, 1.807) is 24.3 Å². The molecule has 2 aromatic heterocycles. The standard InChI is InChI=1S/C13H10N2O2S/c1-8-6-18-12-11(8)14-7-15-13(12)17-10-5-3-2-4-9(10)16/h2-7,16H,1H3. The van der Waals surface area contributed by atoms with Crippen molar-refractivity contribution in [2.24, 2.45) is 0 Å². The third kappa shape index (κ3) is 1.78. The number of aromatic nitrogens is 2. The first-order valence-corrected chi connectivity index (χ1v) is 6.28. The number of para-hydroxylation sites is 2. The first kappa shape index (κ1) is 11.0. The molecule has 3 rings (SSSR count). The second-order valence-electron chi connectivity index (χ2n) is 3.85. The molecule has 0 bridgehead atoms. The van der Waals surface area contributed by atoms with Crippen LogP contribution in [0.1, 0.15) is 5.56 Å². The number of hydrogen-bond acceptors (Lipinski definition) is 5. The third-order valence-corrected chi connectivity index (χ3v) is 3.65. The maximum atomic E-state index is 9.68. The Morgan fingerprint density at radius 1 is 1.22 bits per heavy atom. The van der Waals surface area contributed by atoms with Crippen molar-refractivity contribution >= 4 is 21.6 Å². The Labute approximate surface area is 108 Å². The monoisotopic (exact) mass is 258 g/mol. The molecular weight excluding hydrogens is 248 g/mol. The lowest BCUT2D eigenvalue weighted by Gasteiger charge is -2.06. The summed E-state index contributed by atoms with van der Waals surface area (Å²) in [7, 11) is 0. The topological polar surface area (TPSA) is 55.2 Å². The summed E-state index contributed by atoms with van der Waals surface area (Å²) < 4.78 is 6.53. The van der Waals surface area contributed by atoms with Crippen LogP contribution in [0.4, 0.5) is 0 Å². The smallest absolute Gasteiger partial charge is 0.240 e. The van der Waals surface area contributed by atoms with E-state index in [1.165, 1.54) is 17.7 Å². The zero-order valence-corrected chi connectivity index (χ0v) is 10.4. The molecule has 0 unspecified atom stereocenters. The van der Waals surface area contributed by atoms with E-state index in [-0.39, 0.29) is 5.75 Å². The molecule has 1 aromatic carbocycles. The van der Waals surface area contributed by atoms with Crippen LogP contribution in [0.25, 0.3) is 10.2 Å². The number of thiophene rings is 1. The minimum Gasteiger partial charge on any atom is -0.504 e. The van der Waals surface area contributed by atoms with Crippen LogP contribution < -0.4 is 4.74 Å². The van der Waals surface area contributed by atoms with Gasteiger partial charge in [0.05, 0.1) is 5.52 Å². The van der Waals surface area contributed by atoms with Crippen molar-refractivity contribution in [1.82, 2.24) is 9.97 Å². The second-order valence-corrected chi connectivity index (χ2v) is 4.72. The predicted molar refractivity (Wildman–Crippen MR) is 70.3 cm³/mol. The van der Waals surface area contributed by atoms with E-state index in [1.807, 2.05) is 12.3 Å². The summed E-state index contributed by atoms with van der Waals surface area (Å²) in [6.45, 7) is 2.00. The largest absolute Gasteiger partial charge is 0.504 e. The van der Waals surface area contributed by atoms with E-state index in [9.17, 15) is 5.11 Å². The van der Waals surface area contributed by atoms with Crippen LogP contribution in [0, 0.1) is 6.92 Å². The molecule has 0 aliphatic heterocycles. The summed E-state index contributed by atoms with van der Waals surface area (Å²) in [5.74, 6) is 0.959. The van der Waals surface area contributed by atoms with Crippen molar-refractivity contribution in [3.63, 3.8) is 0 Å². The molecule has 0 aliphatic carbocycles. The lowest BCUT2D eigenvalue weighted by atomic mass is 10.3. The van der Waals surface area contributed by atoms with Crippen molar-refractivity contribution < 1.29 is 9.84 Å². The Balaban J connectivity index is 2.08. The van der Waals surface area contributed by atoms with Gasteiger partial charge in [0.1, 0.15) is 11.0 Å². The highest BCUT2D eigenvalue weighted by Crippen LogP contribution is 2.35. The highest BCUT2D eigenvalue weighted by atomic mass is 32.1. The van der Waals surface area contributed by atoms with Crippen LogP contribution in [0.2, 0.25) is 0 Å². The minimum atomic E-state index is 0.0949. The quantitative estimate of drug-likeness (QED) is 0.764. The summed E-state index contributed by atoms with van der Waals surface area (Å²) in [5.41, 5.74) is 1.99. The first-order valence-electron chi connectivity index (χ1n) is 5.40. The molecule has 18 heavy (non-hydrogen) atoms. The molecule has 0 aliphatic rings. The maximum absolute atomic E-state index is 9.68. The van der Waals surface area contributed by atoms with Gasteiger partial charge in [0, 0.05) is 0 Å². The van der Waals surface area contributed by atoms with E-state index in [0.717, 1.165) is 15.8 Å². The molecule has 2 heterocycles. The van der Waals surface area contributed by atoms with Gasteiger partial charge in [-0.2, -0.15) is 0 Å². The van der Waals surface area contributed by atoms with Gasteiger partial charge in [0.15, 0.2) is 11.5 Å². The summed E-state index contributed by atoms with van der Waals surface area (Å²) in [5, 5.41) is 11.7. The Hall–Kier alpha value is -2.14. The van der Waals surface area contributed by atoms with Gasteiger partial charge in [-0.3, -0.25) is 0 Å². The number of aryl methyl sites for hydroxylation is 1. The van der Waals surface area contributed by atoms with Gasteiger partial charge in [0.2, 0.25) is 5.88 Å². The van der Waals surface area contributed by atoms with Crippen molar-refractivity contribution in [1.29, 1.82) is 0 Å². The second kappa shape index (κ2) is 4.27. The Morgan fingerprint density at radius 3 is 2.89 bits per heavy atom. The summed E-state index contributed by atoms with van der Waals surface area (Å²) in [6.07, 6.45) is 1.47. The van der Waals surface area contributed by atoms with Gasteiger partial charge in [-0.25, -0.2) is 9.97 Å². The molecule has 3 aromatic rings. The highest BCUT2D eigenvalue weighted by molar-refractivity contribution is 7.17. The van der Waals surface area contributed by atoms with E-state index in [2.05, 4.69) is 9.97 Å². The molecular formula is C13H10N2O2S. The first-order chi connectivity index (χ1) is 8.75. The van der Waals surface area contributed by atoms with Crippen molar-refractivity contribution in [2.45, 2.75) is 6.92 Å². The number of hydrogen-bond donors (Lipinski definition) is 1. The molecule has 0 saturated carbocycles. The molecule has 0 spiro atoms. The number of phenols is 1. The molecule has 4 nitrogen and oxygen atoms in total. The number of fused-ring (bicyclic) bond motifs is 1. The molecule has 5 heteroatoms. The lowest BCUT2D eigenvalue weighted by Crippen LogP contribution is -1.89. The lowest BCUT2D eigenvalue weighted by molar-refractivity contribution is 0.405. The van der Waals surface area contributed by atoms with Crippen LogP contribution in [0.3, 0.4) is 0 Å². The SMILES string of the molecule is Cc1csc2c(Oc3ccccc3O)ncnc12. The Kier molecular flexibility index (Phi) is 2.60. The van der Waals surface area contributed by atoms with Gasteiger partial charge >= 0.3 is 0 Å². The fourth-order valence-corrected chi connectivity index (χ4v) is 2.59. The molecule has 90 valence electrons. The molecule has 0 atom stereocenters. The number of nitrogens with zero attached hydrogens (tertiary/aromatic N) is 2. The molecule has 0 amide bonds. The normalized spacial score (nSPS) is 10.7. The Bertz CT molecular complexity index is 709. The Morgan fingerprint density at radius 2 is 2.06 bits per heavy atom. The van der Waals surface area contributed by atoms with E-state index in [4.69, 9.17) is 4.74 Å². The average Bonchev–Trinajstić information content (AvgIpc) is 2.76. The number of aromatic hydroxyl groups is 1. The molecule has 0 saturated heterocycles. The van der Waals surface area contributed by atoms with Gasteiger partial charge in [-0.05, 0) is 30.0 Å². The van der Waals surface area contributed by atoms with Crippen LogP contribution in [-0.4, -0.2) is 15.1 Å². The van der Waals surface area contributed by atoms with Crippen LogP contribution in [0.5, 0.6) is 17.4 Å². The molecule has 0 fully saturated rings. The van der Waals surface area contributed by atoms with E-state index < -0.39 is 0 Å². The number of benzene rings is 1. The van der Waals surface area contributed by atoms with Crippen molar-refractivity contribution in [3.05, 3.63) is 41.5 Å².